The van der Waals surface area contributed by atoms with Crippen LogP contribution in [0, 0.1) is 6.92 Å². The molecule has 0 bridgehead atoms. The molecule has 1 heterocycles. The Morgan fingerprint density at radius 1 is 1.05 bits per heavy atom. The molecular weight excluding hydrogens is 305 g/mol. The number of para-hydroxylation sites is 1. The molecule has 21 heavy (non-hydrogen) atoms. The van der Waals surface area contributed by atoms with Gasteiger partial charge in [0.25, 0.3) is 0 Å². The first-order valence-corrected chi connectivity index (χ1v) is 7.47. The Bertz CT molecular complexity index is 795. The molecule has 0 aliphatic rings. The van der Waals surface area contributed by atoms with Crippen LogP contribution in [0.2, 0.25) is 10.0 Å². The molecular formula is C17H15Cl2NO. The lowest BCUT2D eigenvalue weighted by Crippen LogP contribution is -2.18. The molecule has 0 aliphatic heterocycles. The van der Waals surface area contributed by atoms with E-state index in [0.29, 0.717) is 10.6 Å². The van der Waals surface area contributed by atoms with Crippen molar-refractivity contribution in [3.05, 3.63) is 69.4 Å². The van der Waals surface area contributed by atoms with Crippen LogP contribution in [0.15, 0.2) is 46.9 Å². The van der Waals surface area contributed by atoms with Crippen LogP contribution in [0.3, 0.4) is 0 Å². The minimum atomic E-state index is -0.0628. The van der Waals surface area contributed by atoms with Crippen LogP contribution in [0.5, 0.6) is 0 Å². The number of fused-ring (bicyclic) bond motifs is 1. The quantitative estimate of drug-likeness (QED) is 0.703. The summed E-state index contributed by atoms with van der Waals surface area (Å²) in [6.45, 7) is 2.01. The largest absolute Gasteiger partial charge is 0.457 e. The molecule has 2 aromatic carbocycles. The summed E-state index contributed by atoms with van der Waals surface area (Å²) in [5.41, 5.74) is 2.86. The first-order valence-electron chi connectivity index (χ1n) is 6.72. The summed E-state index contributed by atoms with van der Waals surface area (Å²) in [6, 6.07) is 13.6. The number of hydrogen-bond acceptors (Lipinski definition) is 2. The molecule has 1 aromatic heterocycles. The molecule has 2 nitrogen and oxygen atoms in total. The highest BCUT2D eigenvalue weighted by Crippen LogP contribution is 2.34. The second kappa shape index (κ2) is 5.72. The van der Waals surface area contributed by atoms with Crippen molar-refractivity contribution in [2.45, 2.75) is 13.0 Å². The van der Waals surface area contributed by atoms with E-state index < -0.39 is 0 Å². The van der Waals surface area contributed by atoms with Crippen molar-refractivity contribution in [2.24, 2.45) is 0 Å². The third-order valence-corrected chi connectivity index (χ3v) is 4.42. The van der Waals surface area contributed by atoms with Gasteiger partial charge in [-0.3, -0.25) is 0 Å². The molecule has 0 aliphatic carbocycles. The van der Waals surface area contributed by atoms with Gasteiger partial charge in [0, 0.05) is 10.4 Å². The van der Waals surface area contributed by atoms with Crippen molar-refractivity contribution in [3.63, 3.8) is 0 Å². The summed E-state index contributed by atoms with van der Waals surface area (Å²) in [5.74, 6) is 0.825. The fourth-order valence-corrected chi connectivity index (χ4v) is 2.98. The Balaban J connectivity index is 2.14. The molecule has 0 spiro atoms. The Labute approximate surface area is 133 Å². The van der Waals surface area contributed by atoms with Gasteiger partial charge in [0.15, 0.2) is 5.58 Å². The summed E-state index contributed by atoms with van der Waals surface area (Å²) in [7, 11) is 1.90. The van der Waals surface area contributed by atoms with Gasteiger partial charge in [-0.05, 0) is 43.3 Å². The number of benzene rings is 2. The fraction of sp³-hybridized carbons (Fsp3) is 0.176. The minimum Gasteiger partial charge on any atom is -0.457 e. The topological polar surface area (TPSA) is 25.2 Å². The fourth-order valence-electron chi connectivity index (χ4n) is 2.58. The van der Waals surface area contributed by atoms with Crippen molar-refractivity contribution >= 4 is 34.2 Å². The highest BCUT2D eigenvalue weighted by atomic mass is 35.5. The Morgan fingerprint density at radius 3 is 2.48 bits per heavy atom. The van der Waals surface area contributed by atoms with Crippen molar-refractivity contribution in [1.82, 2.24) is 5.32 Å². The SMILES string of the molecule is CNC(c1cc2cccc(Cl)c2o1)c1cccc(Cl)c1C. The maximum atomic E-state index is 6.23. The van der Waals surface area contributed by atoms with Gasteiger partial charge < -0.3 is 9.73 Å². The van der Waals surface area contributed by atoms with Gasteiger partial charge in [-0.15, -0.1) is 0 Å². The van der Waals surface area contributed by atoms with Gasteiger partial charge in [0.2, 0.25) is 0 Å². The second-order valence-corrected chi connectivity index (χ2v) is 5.80. The summed E-state index contributed by atoms with van der Waals surface area (Å²) >= 11 is 12.4. The van der Waals surface area contributed by atoms with E-state index in [4.69, 9.17) is 27.6 Å². The maximum Gasteiger partial charge on any atom is 0.152 e. The van der Waals surface area contributed by atoms with E-state index >= 15 is 0 Å². The molecule has 0 amide bonds. The van der Waals surface area contributed by atoms with Gasteiger partial charge in [-0.2, -0.15) is 0 Å². The first kappa shape index (κ1) is 14.5. The molecule has 3 aromatic rings. The molecule has 0 saturated carbocycles. The second-order valence-electron chi connectivity index (χ2n) is 4.98. The first-order chi connectivity index (χ1) is 10.1. The summed E-state index contributed by atoms with van der Waals surface area (Å²) < 4.78 is 5.96. The molecule has 3 rings (SSSR count). The number of nitrogens with one attached hydrogen (secondary N) is 1. The third-order valence-electron chi connectivity index (χ3n) is 3.71. The van der Waals surface area contributed by atoms with Gasteiger partial charge in [0.05, 0.1) is 11.1 Å². The monoisotopic (exact) mass is 319 g/mol. The number of rotatable bonds is 3. The van der Waals surface area contributed by atoms with Gasteiger partial charge in [-0.1, -0.05) is 47.5 Å². The Hall–Kier alpha value is -1.48. The normalized spacial score (nSPS) is 12.8. The molecule has 1 N–H and O–H groups in total. The lowest BCUT2D eigenvalue weighted by Gasteiger charge is -2.17. The molecule has 0 fully saturated rings. The van der Waals surface area contributed by atoms with E-state index in [1.54, 1.807) is 0 Å². The van der Waals surface area contributed by atoms with Crippen LogP contribution in [0.4, 0.5) is 0 Å². The van der Waals surface area contributed by atoms with Crippen molar-refractivity contribution in [1.29, 1.82) is 0 Å². The van der Waals surface area contributed by atoms with Crippen LogP contribution in [-0.2, 0) is 0 Å². The average Bonchev–Trinajstić information content (AvgIpc) is 2.89. The highest BCUT2D eigenvalue weighted by molar-refractivity contribution is 6.34. The standard InChI is InChI=1S/C17H15Cl2NO/c1-10-12(6-4-7-13(10)18)16(20-2)15-9-11-5-3-8-14(19)17(11)21-15/h3-9,16,20H,1-2H3. The molecule has 108 valence electrons. The van der Waals surface area contributed by atoms with Gasteiger partial charge in [0.1, 0.15) is 5.76 Å². The summed E-state index contributed by atoms with van der Waals surface area (Å²) in [5, 5.41) is 5.66. The van der Waals surface area contributed by atoms with Crippen LogP contribution < -0.4 is 5.32 Å². The Morgan fingerprint density at radius 2 is 1.76 bits per heavy atom. The van der Waals surface area contributed by atoms with Crippen LogP contribution in [-0.4, -0.2) is 7.05 Å². The van der Waals surface area contributed by atoms with Crippen LogP contribution >= 0.6 is 23.2 Å². The summed E-state index contributed by atoms with van der Waals surface area (Å²) in [6.07, 6.45) is 0. The number of furan rings is 1. The maximum absolute atomic E-state index is 6.23. The van der Waals surface area contributed by atoms with Crippen molar-refractivity contribution in [3.8, 4) is 0 Å². The van der Waals surface area contributed by atoms with E-state index in [0.717, 1.165) is 27.3 Å². The zero-order valence-corrected chi connectivity index (χ0v) is 13.3. The van der Waals surface area contributed by atoms with Gasteiger partial charge >= 0.3 is 0 Å². The van der Waals surface area contributed by atoms with Crippen molar-refractivity contribution in [2.75, 3.05) is 7.05 Å². The molecule has 0 radical (unpaired) electrons. The van der Waals surface area contributed by atoms with E-state index in [-0.39, 0.29) is 6.04 Å². The number of hydrogen-bond donors (Lipinski definition) is 1. The highest BCUT2D eigenvalue weighted by Gasteiger charge is 2.20. The van der Waals surface area contributed by atoms with Crippen LogP contribution in [0.1, 0.15) is 22.9 Å². The summed E-state index contributed by atoms with van der Waals surface area (Å²) in [4.78, 5) is 0. The lowest BCUT2D eigenvalue weighted by atomic mass is 9.99. The molecule has 1 atom stereocenters. The van der Waals surface area contributed by atoms with E-state index in [1.165, 1.54) is 0 Å². The van der Waals surface area contributed by atoms with Crippen molar-refractivity contribution < 1.29 is 4.42 Å². The average molecular weight is 320 g/mol. The van der Waals surface area contributed by atoms with Crippen LogP contribution in [0.25, 0.3) is 11.0 Å². The van der Waals surface area contributed by atoms with E-state index in [2.05, 4.69) is 11.4 Å². The molecule has 1 unspecified atom stereocenters. The van der Waals surface area contributed by atoms with Gasteiger partial charge in [-0.25, -0.2) is 0 Å². The molecule has 0 saturated heterocycles. The minimum absolute atomic E-state index is 0.0628. The molecule has 4 heteroatoms. The number of halogens is 2. The smallest absolute Gasteiger partial charge is 0.152 e. The lowest BCUT2D eigenvalue weighted by molar-refractivity contribution is 0.490. The third kappa shape index (κ3) is 2.55. The Kier molecular flexibility index (Phi) is 3.94. The zero-order chi connectivity index (χ0) is 15.0. The van der Waals surface area contributed by atoms with E-state index in [9.17, 15) is 0 Å². The van der Waals surface area contributed by atoms with E-state index in [1.807, 2.05) is 50.4 Å². The predicted molar refractivity (Wildman–Crippen MR) is 88.3 cm³/mol. The predicted octanol–water partition coefficient (Wildman–Crippen LogP) is 5.36. The zero-order valence-electron chi connectivity index (χ0n) is 11.8.